The van der Waals surface area contributed by atoms with Crippen LogP contribution in [0.15, 0.2) is 48.5 Å². The van der Waals surface area contributed by atoms with E-state index in [1.807, 2.05) is 12.1 Å². The highest BCUT2D eigenvalue weighted by molar-refractivity contribution is 5.68. The SMILES string of the molecule is CCCCC=C(F)c1ccc(-c2ccc(CCC)cc2F)cc1. The fraction of sp³-hybridized carbons (Fsp3) is 0.333. The van der Waals surface area contributed by atoms with Gasteiger partial charge in [0.25, 0.3) is 0 Å². The normalized spacial score (nSPS) is 11.7. The Labute approximate surface area is 137 Å². The summed E-state index contributed by atoms with van der Waals surface area (Å²) in [5.41, 5.74) is 2.89. The second-order valence-electron chi connectivity index (χ2n) is 5.84. The van der Waals surface area contributed by atoms with Gasteiger partial charge < -0.3 is 0 Å². The lowest BCUT2D eigenvalue weighted by molar-refractivity contribution is 0.628. The molecule has 0 heterocycles. The van der Waals surface area contributed by atoms with E-state index in [0.29, 0.717) is 11.1 Å². The number of benzene rings is 2. The summed E-state index contributed by atoms with van der Waals surface area (Å²) in [5, 5.41) is 0. The standard InChI is InChI=1S/C21H24F2/c1-3-5-6-8-20(22)18-12-10-17(11-13-18)19-14-9-16(7-4-2)15-21(19)23/h8-15H,3-7H2,1-2H3. The molecule has 0 amide bonds. The zero-order chi connectivity index (χ0) is 16.7. The van der Waals surface area contributed by atoms with Crippen LogP contribution < -0.4 is 0 Å². The zero-order valence-corrected chi connectivity index (χ0v) is 13.9. The van der Waals surface area contributed by atoms with Gasteiger partial charge in [-0.1, -0.05) is 63.1 Å². The highest BCUT2D eigenvalue weighted by Crippen LogP contribution is 2.26. The van der Waals surface area contributed by atoms with Crippen molar-refractivity contribution in [2.75, 3.05) is 0 Å². The lowest BCUT2D eigenvalue weighted by Gasteiger charge is -2.07. The number of hydrogen-bond acceptors (Lipinski definition) is 0. The van der Waals surface area contributed by atoms with E-state index in [2.05, 4.69) is 13.8 Å². The van der Waals surface area contributed by atoms with E-state index in [0.717, 1.165) is 43.2 Å². The van der Waals surface area contributed by atoms with Crippen LogP contribution >= 0.6 is 0 Å². The number of aryl methyl sites for hydroxylation is 1. The Morgan fingerprint density at radius 1 is 1.00 bits per heavy atom. The van der Waals surface area contributed by atoms with Crippen molar-refractivity contribution in [2.45, 2.75) is 46.0 Å². The summed E-state index contributed by atoms with van der Waals surface area (Å²) in [6.07, 6.45) is 6.29. The number of halogens is 2. The Hall–Kier alpha value is -1.96. The predicted octanol–water partition coefficient (Wildman–Crippen LogP) is 6.95. The van der Waals surface area contributed by atoms with Gasteiger partial charge in [-0.2, -0.15) is 0 Å². The average molecular weight is 314 g/mol. The molecule has 0 spiro atoms. The Kier molecular flexibility index (Phi) is 6.52. The van der Waals surface area contributed by atoms with Crippen molar-refractivity contribution in [3.05, 3.63) is 65.5 Å². The monoisotopic (exact) mass is 314 g/mol. The van der Waals surface area contributed by atoms with Gasteiger partial charge in [0.05, 0.1) is 0 Å². The first-order valence-electron chi connectivity index (χ1n) is 8.40. The van der Waals surface area contributed by atoms with Crippen molar-refractivity contribution in [3.8, 4) is 11.1 Å². The van der Waals surface area contributed by atoms with Crippen molar-refractivity contribution in [3.63, 3.8) is 0 Å². The lowest BCUT2D eigenvalue weighted by atomic mass is 10.00. The molecule has 2 aromatic rings. The van der Waals surface area contributed by atoms with Gasteiger partial charge >= 0.3 is 0 Å². The van der Waals surface area contributed by atoms with Gasteiger partial charge in [-0.3, -0.25) is 0 Å². The second kappa shape index (κ2) is 8.61. The summed E-state index contributed by atoms with van der Waals surface area (Å²) < 4.78 is 28.2. The van der Waals surface area contributed by atoms with Gasteiger partial charge in [-0.15, -0.1) is 0 Å². The molecule has 0 N–H and O–H groups in total. The van der Waals surface area contributed by atoms with Crippen molar-refractivity contribution in [2.24, 2.45) is 0 Å². The molecule has 0 unspecified atom stereocenters. The molecule has 0 aromatic heterocycles. The third-order valence-electron chi connectivity index (χ3n) is 3.93. The Bertz CT molecular complexity index is 654. The van der Waals surface area contributed by atoms with Gasteiger partial charge in [0.2, 0.25) is 0 Å². The highest BCUT2D eigenvalue weighted by Gasteiger charge is 2.07. The molecule has 122 valence electrons. The Morgan fingerprint density at radius 2 is 1.74 bits per heavy atom. The van der Waals surface area contributed by atoms with Gasteiger partial charge in [-0.25, -0.2) is 8.78 Å². The molecule has 0 aliphatic carbocycles. The van der Waals surface area contributed by atoms with E-state index >= 15 is 0 Å². The third-order valence-corrected chi connectivity index (χ3v) is 3.93. The molecule has 2 heteroatoms. The largest absolute Gasteiger partial charge is 0.207 e. The summed E-state index contributed by atoms with van der Waals surface area (Å²) in [7, 11) is 0. The van der Waals surface area contributed by atoms with Crippen LogP contribution in [0.25, 0.3) is 17.0 Å². The molecule has 23 heavy (non-hydrogen) atoms. The van der Waals surface area contributed by atoms with E-state index in [9.17, 15) is 8.78 Å². The minimum atomic E-state index is -0.220. The van der Waals surface area contributed by atoms with Crippen LogP contribution in [0.2, 0.25) is 0 Å². The lowest BCUT2D eigenvalue weighted by Crippen LogP contribution is -1.89. The van der Waals surface area contributed by atoms with Crippen LogP contribution in [-0.4, -0.2) is 0 Å². The summed E-state index contributed by atoms with van der Waals surface area (Å²) in [5.74, 6) is -0.425. The number of hydrogen-bond donors (Lipinski definition) is 0. The van der Waals surface area contributed by atoms with Gasteiger partial charge in [0.1, 0.15) is 11.6 Å². The molecule has 0 aliphatic heterocycles. The molecule has 0 bridgehead atoms. The molecular weight excluding hydrogens is 290 g/mol. The molecule has 2 rings (SSSR count). The summed E-state index contributed by atoms with van der Waals surface area (Å²) in [6, 6.07) is 12.3. The maximum Gasteiger partial charge on any atom is 0.131 e. The molecule has 0 atom stereocenters. The van der Waals surface area contributed by atoms with Gasteiger partial charge in [0, 0.05) is 11.1 Å². The van der Waals surface area contributed by atoms with E-state index in [4.69, 9.17) is 0 Å². The Balaban J connectivity index is 2.18. The third kappa shape index (κ3) is 4.75. The molecule has 0 saturated heterocycles. The minimum absolute atomic E-state index is 0.205. The van der Waals surface area contributed by atoms with E-state index in [1.54, 1.807) is 36.4 Å². The van der Waals surface area contributed by atoms with E-state index < -0.39 is 0 Å². The van der Waals surface area contributed by atoms with Crippen molar-refractivity contribution < 1.29 is 8.78 Å². The van der Waals surface area contributed by atoms with Crippen LogP contribution in [0.5, 0.6) is 0 Å². The van der Waals surface area contributed by atoms with Crippen LogP contribution in [0.4, 0.5) is 8.78 Å². The van der Waals surface area contributed by atoms with E-state index in [-0.39, 0.29) is 11.6 Å². The van der Waals surface area contributed by atoms with Crippen LogP contribution in [0, 0.1) is 5.82 Å². The predicted molar refractivity (Wildman–Crippen MR) is 94.4 cm³/mol. The van der Waals surface area contributed by atoms with Crippen molar-refractivity contribution in [1.82, 2.24) is 0 Å². The molecule has 0 saturated carbocycles. The maximum atomic E-state index is 14.2. The zero-order valence-electron chi connectivity index (χ0n) is 13.9. The molecular formula is C21H24F2. The quantitative estimate of drug-likeness (QED) is 0.485. The molecule has 2 aromatic carbocycles. The number of unbranched alkanes of at least 4 members (excludes halogenated alkanes) is 2. The summed E-state index contributed by atoms with van der Waals surface area (Å²) in [4.78, 5) is 0. The molecule has 0 fully saturated rings. The van der Waals surface area contributed by atoms with Crippen LogP contribution in [0.3, 0.4) is 0 Å². The van der Waals surface area contributed by atoms with Crippen molar-refractivity contribution >= 4 is 5.83 Å². The number of allylic oxidation sites excluding steroid dienone is 1. The first kappa shape index (κ1) is 17.4. The average Bonchev–Trinajstić information content (AvgIpc) is 2.56. The van der Waals surface area contributed by atoms with Gasteiger partial charge in [-0.05, 0) is 42.5 Å². The summed E-state index contributed by atoms with van der Waals surface area (Å²) in [6.45, 7) is 4.16. The molecule has 0 aliphatic rings. The smallest absolute Gasteiger partial charge is 0.131 e. The fourth-order valence-electron chi connectivity index (χ4n) is 2.60. The van der Waals surface area contributed by atoms with Crippen molar-refractivity contribution in [1.29, 1.82) is 0 Å². The molecule has 0 nitrogen and oxygen atoms in total. The van der Waals surface area contributed by atoms with Gasteiger partial charge in [0.15, 0.2) is 0 Å². The summed E-state index contributed by atoms with van der Waals surface area (Å²) >= 11 is 0. The first-order valence-corrected chi connectivity index (χ1v) is 8.40. The topological polar surface area (TPSA) is 0 Å². The first-order chi connectivity index (χ1) is 11.2. The maximum absolute atomic E-state index is 14.2. The second-order valence-corrected chi connectivity index (χ2v) is 5.84. The fourth-order valence-corrected chi connectivity index (χ4v) is 2.60. The Morgan fingerprint density at radius 3 is 2.35 bits per heavy atom. The van der Waals surface area contributed by atoms with Crippen LogP contribution in [-0.2, 0) is 6.42 Å². The van der Waals surface area contributed by atoms with E-state index in [1.165, 1.54) is 0 Å². The minimum Gasteiger partial charge on any atom is -0.207 e. The van der Waals surface area contributed by atoms with Crippen LogP contribution in [0.1, 0.15) is 50.7 Å². The number of rotatable bonds is 7. The molecule has 0 radical (unpaired) electrons. The highest BCUT2D eigenvalue weighted by atomic mass is 19.1.